The Morgan fingerprint density at radius 3 is 2.72 bits per heavy atom. The average Bonchev–Trinajstić information content (AvgIpc) is 2.28. The Hall–Kier alpha value is -0.330. The first-order chi connectivity index (χ1) is 8.48. The van der Waals surface area contributed by atoms with Crippen molar-refractivity contribution in [1.82, 2.24) is 10.2 Å². The summed E-state index contributed by atoms with van der Waals surface area (Å²) in [5.41, 5.74) is 0. The monoisotopic (exact) mass is 266 g/mol. The van der Waals surface area contributed by atoms with Gasteiger partial charge >= 0.3 is 6.18 Å². The van der Waals surface area contributed by atoms with Crippen LogP contribution in [0.5, 0.6) is 0 Å². The van der Waals surface area contributed by atoms with Crippen LogP contribution < -0.4 is 5.32 Å². The third-order valence-electron chi connectivity index (χ3n) is 3.77. The summed E-state index contributed by atoms with van der Waals surface area (Å²) in [6.45, 7) is 4.31. The maximum Gasteiger partial charge on any atom is 0.404 e. The summed E-state index contributed by atoms with van der Waals surface area (Å²) in [5, 5.41) is 3.18. The summed E-state index contributed by atoms with van der Waals surface area (Å²) in [5.74, 6) is -0.413. The van der Waals surface area contributed by atoms with Gasteiger partial charge in [0.05, 0.1) is 6.61 Å². The Bertz CT molecular complexity index is 267. The molecule has 2 rings (SSSR count). The number of ether oxygens (including phenoxy) is 1. The number of nitrogens with one attached hydrogen (secondary N) is 1. The molecule has 2 heterocycles. The molecule has 0 aromatic heterocycles. The van der Waals surface area contributed by atoms with Gasteiger partial charge in [-0.2, -0.15) is 13.2 Å². The minimum Gasteiger partial charge on any atom is -0.381 e. The molecule has 2 aliphatic rings. The summed E-state index contributed by atoms with van der Waals surface area (Å²) in [4.78, 5) is 1.58. The van der Waals surface area contributed by atoms with Gasteiger partial charge in [-0.15, -0.1) is 0 Å². The van der Waals surface area contributed by atoms with Crippen molar-refractivity contribution in [1.29, 1.82) is 0 Å². The molecule has 6 heteroatoms. The molecule has 2 aliphatic heterocycles. The molecule has 0 bridgehead atoms. The Kier molecular flexibility index (Phi) is 4.50. The highest BCUT2D eigenvalue weighted by Crippen LogP contribution is 2.34. The van der Waals surface area contributed by atoms with Gasteiger partial charge in [0, 0.05) is 38.2 Å². The van der Waals surface area contributed by atoms with E-state index >= 15 is 0 Å². The van der Waals surface area contributed by atoms with Gasteiger partial charge < -0.3 is 10.1 Å². The Morgan fingerprint density at radius 2 is 2.17 bits per heavy atom. The summed E-state index contributed by atoms with van der Waals surface area (Å²) in [7, 11) is 0. The zero-order valence-corrected chi connectivity index (χ0v) is 10.7. The molecule has 0 aromatic rings. The summed E-state index contributed by atoms with van der Waals surface area (Å²) < 4.78 is 45.1. The fourth-order valence-corrected chi connectivity index (χ4v) is 3.00. The number of piperazine rings is 1. The van der Waals surface area contributed by atoms with Gasteiger partial charge in [0.2, 0.25) is 0 Å². The van der Waals surface area contributed by atoms with Gasteiger partial charge in [-0.1, -0.05) is 0 Å². The summed E-state index contributed by atoms with van der Waals surface area (Å²) >= 11 is 0. The second-order valence-corrected chi connectivity index (χ2v) is 5.31. The third kappa shape index (κ3) is 3.36. The van der Waals surface area contributed by atoms with Crippen LogP contribution >= 0.6 is 0 Å². The number of halogens is 3. The molecule has 0 saturated carbocycles. The van der Waals surface area contributed by atoms with Crippen molar-refractivity contribution in [3.8, 4) is 0 Å². The maximum absolute atomic E-state index is 13.3. The minimum atomic E-state index is -4.16. The Balaban J connectivity index is 2.08. The van der Waals surface area contributed by atoms with Crippen molar-refractivity contribution in [2.24, 2.45) is 5.92 Å². The maximum atomic E-state index is 13.3. The highest BCUT2D eigenvalue weighted by Gasteiger charge is 2.49. The lowest BCUT2D eigenvalue weighted by atomic mass is 9.91. The van der Waals surface area contributed by atoms with Crippen molar-refractivity contribution in [2.45, 2.75) is 38.0 Å². The molecular formula is C12H21F3N2O. The molecule has 0 aromatic carbocycles. The summed E-state index contributed by atoms with van der Waals surface area (Å²) in [6, 6.07) is -1.23. The topological polar surface area (TPSA) is 24.5 Å². The lowest BCUT2D eigenvalue weighted by molar-refractivity contribution is -0.209. The third-order valence-corrected chi connectivity index (χ3v) is 3.77. The van der Waals surface area contributed by atoms with E-state index in [1.807, 2.05) is 6.92 Å². The van der Waals surface area contributed by atoms with E-state index in [0.717, 1.165) is 6.42 Å². The van der Waals surface area contributed by atoms with E-state index in [1.54, 1.807) is 4.90 Å². The number of nitrogens with zero attached hydrogens (tertiary/aromatic N) is 1. The van der Waals surface area contributed by atoms with Gasteiger partial charge in [0.1, 0.15) is 6.04 Å². The highest BCUT2D eigenvalue weighted by molar-refractivity contribution is 4.90. The molecule has 0 radical (unpaired) electrons. The molecule has 0 aliphatic carbocycles. The molecular weight excluding hydrogens is 245 g/mol. The van der Waals surface area contributed by atoms with E-state index in [2.05, 4.69) is 5.32 Å². The van der Waals surface area contributed by atoms with Crippen LogP contribution in [-0.4, -0.2) is 56.0 Å². The van der Waals surface area contributed by atoms with E-state index in [4.69, 9.17) is 4.74 Å². The van der Waals surface area contributed by atoms with Crippen LogP contribution in [0, 0.1) is 5.92 Å². The molecule has 3 atom stereocenters. The SMILES string of the molecule is CC1CN(C(C2CCCOC2)C(F)(F)F)CCN1. The van der Waals surface area contributed by atoms with E-state index in [1.165, 1.54) is 0 Å². The number of rotatable bonds is 2. The molecule has 0 spiro atoms. The average molecular weight is 266 g/mol. The molecule has 2 saturated heterocycles. The van der Waals surface area contributed by atoms with Crippen LogP contribution in [0.2, 0.25) is 0 Å². The predicted octanol–water partition coefficient (Wildman–Crippen LogP) is 1.64. The van der Waals surface area contributed by atoms with Gasteiger partial charge in [0.15, 0.2) is 0 Å². The molecule has 0 amide bonds. The number of hydrogen-bond donors (Lipinski definition) is 1. The first-order valence-corrected chi connectivity index (χ1v) is 6.60. The van der Waals surface area contributed by atoms with Gasteiger partial charge in [-0.25, -0.2) is 0 Å². The van der Waals surface area contributed by atoms with E-state index in [-0.39, 0.29) is 12.6 Å². The quantitative estimate of drug-likeness (QED) is 0.822. The van der Waals surface area contributed by atoms with Gasteiger partial charge in [-0.05, 0) is 19.8 Å². The second kappa shape index (κ2) is 5.75. The van der Waals surface area contributed by atoms with E-state index < -0.39 is 18.1 Å². The second-order valence-electron chi connectivity index (χ2n) is 5.31. The van der Waals surface area contributed by atoms with Crippen molar-refractivity contribution in [3.63, 3.8) is 0 Å². The van der Waals surface area contributed by atoms with Gasteiger partial charge in [-0.3, -0.25) is 4.90 Å². The Morgan fingerprint density at radius 1 is 1.39 bits per heavy atom. The van der Waals surface area contributed by atoms with Crippen LogP contribution in [0.1, 0.15) is 19.8 Å². The first-order valence-electron chi connectivity index (χ1n) is 6.60. The molecule has 3 nitrogen and oxygen atoms in total. The van der Waals surface area contributed by atoms with Crippen LogP contribution in [0.4, 0.5) is 13.2 Å². The van der Waals surface area contributed by atoms with Crippen LogP contribution in [0.15, 0.2) is 0 Å². The smallest absolute Gasteiger partial charge is 0.381 e. The number of alkyl halides is 3. The lowest BCUT2D eigenvalue weighted by Gasteiger charge is -2.43. The van der Waals surface area contributed by atoms with Crippen LogP contribution in [0.3, 0.4) is 0 Å². The van der Waals surface area contributed by atoms with Crippen molar-refractivity contribution < 1.29 is 17.9 Å². The number of hydrogen-bond acceptors (Lipinski definition) is 3. The van der Waals surface area contributed by atoms with Crippen molar-refractivity contribution in [3.05, 3.63) is 0 Å². The van der Waals surface area contributed by atoms with E-state index in [0.29, 0.717) is 32.7 Å². The molecule has 3 unspecified atom stereocenters. The molecule has 106 valence electrons. The largest absolute Gasteiger partial charge is 0.404 e. The molecule has 18 heavy (non-hydrogen) atoms. The fourth-order valence-electron chi connectivity index (χ4n) is 3.00. The Labute approximate surface area is 106 Å². The standard InChI is InChI=1S/C12H21F3N2O/c1-9-7-17(5-4-16-9)11(12(13,14)15)10-3-2-6-18-8-10/h9-11,16H,2-8H2,1H3. The summed E-state index contributed by atoms with van der Waals surface area (Å²) in [6.07, 6.45) is -2.82. The fraction of sp³-hybridized carbons (Fsp3) is 1.00. The lowest BCUT2D eigenvalue weighted by Crippen LogP contribution is -2.60. The van der Waals surface area contributed by atoms with Gasteiger partial charge in [0.25, 0.3) is 0 Å². The zero-order valence-electron chi connectivity index (χ0n) is 10.7. The van der Waals surface area contributed by atoms with Crippen LogP contribution in [-0.2, 0) is 4.74 Å². The van der Waals surface area contributed by atoms with Crippen molar-refractivity contribution in [2.75, 3.05) is 32.8 Å². The van der Waals surface area contributed by atoms with Crippen molar-refractivity contribution >= 4 is 0 Å². The molecule has 2 fully saturated rings. The predicted molar refractivity (Wildman–Crippen MR) is 62.4 cm³/mol. The van der Waals surface area contributed by atoms with E-state index in [9.17, 15) is 13.2 Å². The highest BCUT2D eigenvalue weighted by atomic mass is 19.4. The van der Waals surface area contributed by atoms with Crippen LogP contribution in [0.25, 0.3) is 0 Å². The normalized spacial score (nSPS) is 33.3. The zero-order chi connectivity index (χ0) is 13.2. The minimum absolute atomic E-state index is 0.119. The molecule has 1 N–H and O–H groups in total. The first kappa shape index (κ1) is 14.1.